The Hall–Kier alpha value is -1.50. The third-order valence-electron chi connectivity index (χ3n) is 4.28. The van der Waals surface area contributed by atoms with E-state index in [4.69, 9.17) is 9.47 Å². The van der Waals surface area contributed by atoms with E-state index in [9.17, 15) is 4.79 Å². The molecule has 0 bridgehead atoms. The molecule has 0 saturated carbocycles. The summed E-state index contributed by atoms with van der Waals surface area (Å²) in [4.78, 5) is 20.6. The van der Waals surface area contributed by atoms with Gasteiger partial charge >= 0.3 is 0 Å². The number of nitrogens with zero attached hydrogens (tertiary/aromatic N) is 3. The Morgan fingerprint density at radius 1 is 1.32 bits per heavy atom. The topological polar surface area (TPSA) is 54.9 Å². The fourth-order valence-electron chi connectivity index (χ4n) is 3.00. The van der Waals surface area contributed by atoms with Crippen LogP contribution in [0.25, 0.3) is 0 Å². The second-order valence-corrected chi connectivity index (χ2v) is 6.26. The third kappa shape index (κ3) is 3.14. The third-order valence-corrected chi connectivity index (χ3v) is 4.28. The first-order valence-corrected chi connectivity index (χ1v) is 7.77. The number of pyridine rings is 1. The number of ether oxygens (including phenoxy) is 2. The zero-order chi connectivity index (χ0) is 15.6. The molecule has 1 amide bonds. The van der Waals surface area contributed by atoms with Crippen LogP contribution in [0.3, 0.4) is 0 Å². The molecule has 3 heterocycles. The molecule has 2 aliphatic heterocycles. The number of amides is 1. The molecule has 22 heavy (non-hydrogen) atoms. The van der Waals surface area contributed by atoms with Crippen LogP contribution in [0.5, 0.6) is 0 Å². The van der Waals surface area contributed by atoms with E-state index in [1.807, 2.05) is 18.2 Å². The smallest absolute Gasteiger partial charge is 0.254 e. The Labute approximate surface area is 131 Å². The van der Waals surface area contributed by atoms with Crippen molar-refractivity contribution in [3.8, 4) is 0 Å². The van der Waals surface area contributed by atoms with Gasteiger partial charge in [0.25, 0.3) is 5.91 Å². The van der Waals surface area contributed by atoms with Gasteiger partial charge in [-0.25, -0.2) is 4.98 Å². The van der Waals surface area contributed by atoms with Crippen molar-refractivity contribution < 1.29 is 14.3 Å². The van der Waals surface area contributed by atoms with Gasteiger partial charge in [0.15, 0.2) is 0 Å². The molecule has 6 nitrogen and oxygen atoms in total. The van der Waals surface area contributed by atoms with Crippen LogP contribution in [0.15, 0.2) is 24.4 Å². The first kappa shape index (κ1) is 15.4. The lowest BCUT2D eigenvalue weighted by Crippen LogP contribution is -2.61. The van der Waals surface area contributed by atoms with Crippen LogP contribution in [0.2, 0.25) is 0 Å². The molecule has 0 aliphatic carbocycles. The second kappa shape index (κ2) is 6.32. The number of morpholine rings is 1. The van der Waals surface area contributed by atoms with Gasteiger partial charge in [0, 0.05) is 25.3 Å². The van der Waals surface area contributed by atoms with Crippen LogP contribution in [-0.4, -0.2) is 66.9 Å². The summed E-state index contributed by atoms with van der Waals surface area (Å²) in [7, 11) is 0. The highest BCUT2D eigenvalue weighted by Gasteiger charge is 2.43. The van der Waals surface area contributed by atoms with Crippen LogP contribution in [-0.2, 0) is 14.3 Å². The fraction of sp³-hybridized carbons (Fsp3) is 0.625. The van der Waals surface area contributed by atoms with E-state index in [-0.39, 0.29) is 12.5 Å². The number of anilines is 1. The van der Waals surface area contributed by atoms with Crippen LogP contribution >= 0.6 is 0 Å². The fourth-order valence-corrected chi connectivity index (χ4v) is 3.00. The molecule has 1 aromatic rings. The molecule has 1 atom stereocenters. The summed E-state index contributed by atoms with van der Waals surface area (Å²) in [5, 5.41) is 0. The molecule has 2 fully saturated rings. The van der Waals surface area contributed by atoms with E-state index in [1.54, 1.807) is 11.1 Å². The van der Waals surface area contributed by atoms with Gasteiger partial charge in [-0.15, -0.1) is 0 Å². The molecule has 6 heteroatoms. The average molecular weight is 305 g/mol. The molecule has 1 spiro atoms. The highest BCUT2D eigenvalue weighted by Crippen LogP contribution is 2.26. The van der Waals surface area contributed by atoms with Crippen molar-refractivity contribution in [1.82, 2.24) is 9.88 Å². The van der Waals surface area contributed by atoms with Crippen molar-refractivity contribution in [2.24, 2.45) is 0 Å². The molecule has 1 aromatic heterocycles. The van der Waals surface area contributed by atoms with Gasteiger partial charge in [0.1, 0.15) is 18.0 Å². The molecule has 2 aliphatic rings. The van der Waals surface area contributed by atoms with Crippen molar-refractivity contribution >= 4 is 11.7 Å². The zero-order valence-corrected chi connectivity index (χ0v) is 13.2. The molecule has 0 aromatic carbocycles. The Morgan fingerprint density at radius 3 is 2.91 bits per heavy atom. The quantitative estimate of drug-likeness (QED) is 0.813. The molecule has 0 radical (unpaired) electrons. The van der Waals surface area contributed by atoms with Crippen LogP contribution < -0.4 is 4.90 Å². The predicted molar refractivity (Wildman–Crippen MR) is 82.8 cm³/mol. The maximum absolute atomic E-state index is 12.2. The number of hydrogen-bond acceptors (Lipinski definition) is 5. The maximum atomic E-state index is 12.2. The predicted octanol–water partition coefficient (Wildman–Crippen LogP) is 0.924. The molecule has 0 N–H and O–H groups in total. The summed E-state index contributed by atoms with van der Waals surface area (Å²) >= 11 is 0. The summed E-state index contributed by atoms with van der Waals surface area (Å²) in [6, 6.07) is 6.01. The molecule has 1 unspecified atom stereocenters. The minimum Gasteiger partial charge on any atom is -0.377 e. The van der Waals surface area contributed by atoms with Gasteiger partial charge in [-0.2, -0.15) is 0 Å². The lowest BCUT2D eigenvalue weighted by molar-refractivity contribution is -0.146. The highest BCUT2D eigenvalue weighted by molar-refractivity contribution is 5.94. The lowest BCUT2D eigenvalue weighted by Gasteiger charge is -2.43. The van der Waals surface area contributed by atoms with Gasteiger partial charge in [0.05, 0.1) is 19.8 Å². The van der Waals surface area contributed by atoms with Crippen molar-refractivity contribution in [1.29, 1.82) is 0 Å². The SMILES string of the molecule is CC(C)N1CCOCC2(CN(c3ccccn3)C(=O)CO2)C1. The number of hydrogen-bond donors (Lipinski definition) is 0. The molecular formula is C16H23N3O3. The van der Waals surface area contributed by atoms with Crippen LogP contribution in [0, 0.1) is 0 Å². The van der Waals surface area contributed by atoms with Crippen molar-refractivity contribution in [2.45, 2.75) is 25.5 Å². The number of rotatable bonds is 2. The maximum Gasteiger partial charge on any atom is 0.254 e. The minimum absolute atomic E-state index is 0.0512. The highest BCUT2D eigenvalue weighted by atomic mass is 16.6. The number of carbonyl (C=O) groups is 1. The number of carbonyl (C=O) groups excluding carboxylic acids is 1. The molecular weight excluding hydrogens is 282 g/mol. The summed E-state index contributed by atoms with van der Waals surface area (Å²) in [6.07, 6.45) is 1.70. The first-order valence-electron chi connectivity index (χ1n) is 7.77. The van der Waals surface area contributed by atoms with Gasteiger partial charge in [-0.1, -0.05) is 6.07 Å². The number of aromatic nitrogens is 1. The van der Waals surface area contributed by atoms with Crippen molar-refractivity contribution in [2.75, 3.05) is 44.4 Å². The Bertz CT molecular complexity index is 523. The largest absolute Gasteiger partial charge is 0.377 e. The normalized spacial score (nSPS) is 27.4. The monoisotopic (exact) mass is 305 g/mol. The summed E-state index contributed by atoms with van der Waals surface area (Å²) in [5.74, 6) is 0.625. The van der Waals surface area contributed by atoms with Crippen LogP contribution in [0.1, 0.15) is 13.8 Å². The van der Waals surface area contributed by atoms with E-state index < -0.39 is 5.60 Å². The summed E-state index contributed by atoms with van der Waals surface area (Å²) in [5.41, 5.74) is -0.480. The molecule has 120 valence electrons. The summed E-state index contributed by atoms with van der Waals surface area (Å²) in [6.45, 7) is 7.75. The van der Waals surface area contributed by atoms with Crippen molar-refractivity contribution in [3.63, 3.8) is 0 Å². The van der Waals surface area contributed by atoms with Gasteiger partial charge < -0.3 is 9.47 Å². The van der Waals surface area contributed by atoms with E-state index >= 15 is 0 Å². The summed E-state index contributed by atoms with van der Waals surface area (Å²) < 4.78 is 11.7. The second-order valence-electron chi connectivity index (χ2n) is 6.26. The Morgan fingerprint density at radius 2 is 2.18 bits per heavy atom. The van der Waals surface area contributed by atoms with E-state index in [2.05, 4.69) is 23.7 Å². The standard InChI is InChI=1S/C16H23N3O3/c1-13(2)18-7-8-21-12-16(10-18)11-19(15(20)9-22-16)14-5-3-4-6-17-14/h3-6,13H,7-12H2,1-2H3. The van der Waals surface area contributed by atoms with Crippen LogP contribution in [0.4, 0.5) is 5.82 Å². The van der Waals surface area contributed by atoms with E-state index in [1.165, 1.54) is 0 Å². The average Bonchev–Trinajstić information content (AvgIpc) is 2.74. The Balaban J connectivity index is 1.83. The lowest BCUT2D eigenvalue weighted by atomic mass is 10.0. The first-order chi connectivity index (χ1) is 10.6. The zero-order valence-electron chi connectivity index (χ0n) is 13.2. The van der Waals surface area contributed by atoms with Gasteiger partial charge in [-0.3, -0.25) is 14.6 Å². The van der Waals surface area contributed by atoms with Gasteiger partial charge in [-0.05, 0) is 26.0 Å². The molecule has 2 saturated heterocycles. The van der Waals surface area contributed by atoms with E-state index in [0.29, 0.717) is 31.6 Å². The molecule has 3 rings (SSSR count). The minimum atomic E-state index is -0.480. The van der Waals surface area contributed by atoms with Crippen molar-refractivity contribution in [3.05, 3.63) is 24.4 Å². The van der Waals surface area contributed by atoms with Gasteiger partial charge in [0.2, 0.25) is 0 Å². The Kier molecular flexibility index (Phi) is 4.42. The van der Waals surface area contributed by atoms with E-state index in [0.717, 1.165) is 13.1 Å².